The minimum absolute atomic E-state index is 0.101. The average Bonchev–Trinajstić information content (AvgIpc) is 2.58. The summed E-state index contributed by atoms with van der Waals surface area (Å²) < 4.78 is 0. The van der Waals surface area contributed by atoms with E-state index in [0.717, 1.165) is 6.21 Å². The van der Waals surface area contributed by atoms with Crippen LogP contribution in [0.1, 0.15) is 5.69 Å². The molecule has 0 bridgehead atoms. The first-order chi connectivity index (χ1) is 7.20. The fourth-order valence-corrected chi connectivity index (χ4v) is 1.91. The summed E-state index contributed by atoms with van der Waals surface area (Å²) >= 11 is 5.27. The maximum atomic E-state index is 10.8. The Morgan fingerprint density at radius 3 is 3.07 bits per heavy atom. The second-order valence-corrected chi connectivity index (χ2v) is 3.93. The Hall–Kier alpha value is -1.22. The van der Waals surface area contributed by atoms with E-state index in [1.165, 1.54) is 11.8 Å². The standard InChI is InChI=1S/C6H9N5O2S2/c7-8-3-4-5(11(12)13)6(10-9-4)15-2-1-14/h3,14H,1-2,7H2,(H,9,10). The number of hydrogen-bond acceptors (Lipinski definition) is 7. The van der Waals surface area contributed by atoms with E-state index in [2.05, 4.69) is 27.9 Å². The Kier molecular flexibility index (Phi) is 4.43. The van der Waals surface area contributed by atoms with Gasteiger partial charge < -0.3 is 5.84 Å². The summed E-state index contributed by atoms with van der Waals surface area (Å²) in [4.78, 5) is 10.2. The minimum Gasteiger partial charge on any atom is -0.323 e. The van der Waals surface area contributed by atoms with E-state index in [-0.39, 0.29) is 11.4 Å². The van der Waals surface area contributed by atoms with Crippen LogP contribution in [-0.4, -0.2) is 32.8 Å². The highest BCUT2D eigenvalue weighted by molar-refractivity contribution is 8.00. The highest BCUT2D eigenvalue weighted by Gasteiger charge is 2.23. The summed E-state index contributed by atoms with van der Waals surface area (Å²) in [6, 6.07) is 0. The topological polar surface area (TPSA) is 110 Å². The van der Waals surface area contributed by atoms with E-state index in [1.54, 1.807) is 0 Å². The van der Waals surface area contributed by atoms with Crippen molar-refractivity contribution in [2.24, 2.45) is 10.9 Å². The predicted molar refractivity (Wildman–Crippen MR) is 61.6 cm³/mol. The van der Waals surface area contributed by atoms with E-state index < -0.39 is 4.92 Å². The minimum atomic E-state index is -0.513. The van der Waals surface area contributed by atoms with Crippen molar-refractivity contribution in [1.29, 1.82) is 0 Å². The van der Waals surface area contributed by atoms with Crippen LogP contribution < -0.4 is 5.84 Å². The summed E-state index contributed by atoms with van der Waals surface area (Å²) in [5, 5.41) is 20.6. The molecular formula is C6H9N5O2S2. The summed E-state index contributed by atoms with van der Waals surface area (Å²) in [5.41, 5.74) is 0.0974. The van der Waals surface area contributed by atoms with Gasteiger partial charge in [-0.15, -0.1) is 0 Å². The normalized spacial score (nSPS) is 11.0. The summed E-state index contributed by atoms with van der Waals surface area (Å²) in [6.07, 6.45) is 1.16. The number of rotatable bonds is 5. The van der Waals surface area contributed by atoms with Crippen LogP contribution in [-0.2, 0) is 0 Å². The third-order valence-corrected chi connectivity index (χ3v) is 2.94. The molecule has 15 heavy (non-hydrogen) atoms. The molecule has 0 unspecified atom stereocenters. The predicted octanol–water partition coefficient (Wildman–Crippen LogP) is 0.632. The van der Waals surface area contributed by atoms with Crippen LogP contribution in [0, 0.1) is 10.1 Å². The lowest BCUT2D eigenvalue weighted by molar-refractivity contribution is -0.387. The molecule has 1 heterocycles. The number of aromatic amines is 1. The zero-order chi connectivity index (χ0) is 11.3. The monoisotopic (exact) mass is 247 g/mol. The van der Waals surface area contributed by atoms with Crippen LogP contribution in [0.5, 0.6) is 0 Å². The number of nitrogens with zero attached hydrogens (tertiary/aromatic N) is 3. The molecule has 7 nitrogen and oxygen atoms in total. The number of hydrazone groups is 1. The molecule has 0 aliphatic carbocycles. The van der Waals surface area contributed by atoms with Crippen molar-refractivity contribution in [2.45, 2.75) is 5.03 Å². The Labute approximate surface area is 95.1 Å². The highest BCUT2D eigenvalue weighted by atomic mass is 32.2. The number of hydrogen-bond donors (Lipinski definition) is 3. The van der Waals surface area contributed by atoms with Gasteiger partial charge in [-0.1, -0.05) is 11.8 Å². The number of thioether (sulfide) groups is 1. The number of nitrogens with two attached hydrogens (primary N) is 1. The first-order valence-corrected chi connectivity index (χ1v) is 5.52. The maximum Gasteiger partial charge on any atom is 0.329 e. The van der Waals surface area contributed by atoms with Crippen molar-refractivity contribution in [3.05, 3.63) is 15.8 Å². The van der Waals surface area contributed by atoms with Gasteiger partial charge >= 0.3 is 5.69 Å². The lowest BCUT2D eigenvalue weighted by Gasteiger charge is -1.93. The smallest absolute Gasteiger partial charge is 0.323 e. The van der Waals surface area contributed by atoms with Crippen molar-refractivity contribution in [1.82, 2.24) is 10.2 Å². The van der Waals surface area contributed by atoms with E-state index in [0.29, 0.717) is 16.5 Å². The van der Waals surface area contributed by atoms with Crippen molar-refractivity contribution in [3.8, 4) is 0 Å². The lowest BCUT2D eigenvalue weighted by atomic mass is 10.4. The van der Waals surface area contributed by atoms with Gasteiger partial charge in [0.1, 0.15) is 0 Å². The zero-order valence-electron chi connectivity index (χ0n) is 7.58. The number of thiol groups is 1. The van der Waals surface area contributed by atoms with Gasteiger partial charge in [-0.25, -0.2) is 0 Å². The number of nitro groups is 1. The van der Waals surface area contributed by atoms with Crippen LogP contribution in [0.4, 0.5) is 5.69 Å². The van der Waals surface area contributed by atoms with Crippen LogP contribution in [0.25, 0.3) is 0 Å². The quantitative estimate of drug-likeness (QED) is 0.176. The molecule has 0 aromatic carbocycles. The molecule has 0 saturated heterocycles. The molecule has 0 fully saturated rings. The maximum absolute atomic E-state index is 10.8. The molecule has 0 radical (unpaired) electrons. The highest BCUT2D eigenvalue weighted by Crippen LogP contribution is 2.28. The molecule has 0 atom stereocenters. The molecule has 9 heteroatoms. The van der Waals surface area contributed by atoms with Crippen molar-refractivity contribution in [3.63, 3.8) is 0 Å². The molecule has 0 aliphatic heterocycles. The van der Waals surface area contributed by atoms with Crippen molar-refractivity contribution in [2.75, 3.05) is 11.5 Å². The SMILES string of the molecule is NN=Cc1[nH]nc(SCCS)c1[N+](=O)[O-]. The number of nitrogens with one attached hydrogen (secondary N) is 1. The number of aromatic nitrogens is 2. The Morgan fingerprint density at radius 2 is 2.53 bits per heavy atom. The van der Waals surface area contributed by atoms with Gasteiger partial charge in [0, 0.05) is 5.75 Å². The third-order valence-electron chi connectivity index (χ3n) is 1.45. The molecule has 82 valence electrons. The van der Waals surface area contributed by atoms with Crippen LogP contribution >= 0.6 is 24.4 Å². The molecule has 3 N–H and O–H groups in total. The molecule has 0 spiro atoms. The van der Waals surface area contributed by atoms with Gasteiger partial charge in [0.05, 0.1) is 11.1 Å². The van der Waals surface area contributed by atoms with E-state index in [9.17, 15) is 10.1 Å². The Morgan fingerprint density at radius 1 is 1.80 bits per heavy atom. The molecule has 0 saturated carbocycles. The van der Waals surface area contributed by atoms with Gasteiger partial charge in [-0.3, -0.25) is 15.2 Å². The number of H-pyrrole nitrogens is 1. The average molecular weight is 247 g/mol. The van der Waals surface area contributed by atoms with Gasteiger partial charge in [-0.05, 0) is 5.75 Å². The molecule has 0 amide bonds. The molecular weight excluding hydrogens is 238 g/mol. The van der Waals surface area contributed by atoms with Crippen LogP contribution in [0.2, 0.25) is 0 Å². The third kappa shape index (κ3) is 2.86. The van der Waals surface area contributed by atoms with Gasteiger partial charge in [0.15, 0.2) is 10.7 Å². The molecule has 1 aromatic rings. The zero-order valence-corrected chi connectivity index (χ0v) is 9.29. The summed E-state index contributed by atoms with van der Waals surface area (Å²) in [7, 11) is 0. The van der Waals surface area contributed by atoms with Crippen LogP contribution in [0.15, 0.2) is 10.1 Å². The first-order valence-electron chi connectivity index (χ1n) is 3.90. The summed E-state index contributed by atoms with van der Waals surface area (Å²) in [5.74, 6) is 6.19. The molecule has 1 aromatic heterocycles. The first kappa shape index (κ1) is 11.9. The van der Waals surface area contributed by atoms with Crippen molar-refractivity contribution >= 4 is 36.3 Å². The van der Waals surface area contributed by atoms with Crippen molar-refractivity contribution < 1.29 is 4.92 Å². The lowest BCUT2D eigenvalue weighted by Crippen LogP contribution is -1.95. The molecule has 0 aliphatic rings. The van der Waals surface area contributed by atoms with E-state index in [4.69, 9.17) is 5.84 Å². The van der Waals surface area contributed by atoms with E-state index in [1.807, 2.05) is 0 Å². The van der Waals surface area contributed by atoms with E-state index >= 15 is 0 Å². The molecule has 1 rings (SSSR count). The Bertz CT molecular complexity index is 378. The van der Waals surface area contributed by atoms with Gasteiger partial charge in [-0.2, -0.15) is 22.8 Å². The van der Waals surface area contributed by atoms with Gasteiger partial charge in [0.25, 0.3) is 0 Å². The fraction of sp³-hybridized carbons (Fsp3) is 0.333. The van der Waals surface area contributed by atoms with Crippen LogP contribution in [0.3, 0.4) is 0 Å². The second-order valence-electron chi connectivity index (χ2n) is 2.40. The Balaban J connectivity index is 3.01. The largest absolute Gasteiger partial charge is 0.329 e. The fourth-order valence-electron chi connectivity index (χ4n) is 0.916. The van der Waals surface area contributed by atoms with Gasteiger partial charge in [0.2, 0.25) is 0 Å². The second kappa shape index (κ2) is 5.61. The summed E-state index contributed by atoms with van der Waals surface area (Å²) in [6.45, 7) is 0.